The molecule has 6 nitrogen and oxygen atoms in total. The predicted molar refractivity (Wildman–Crippen MR) is 117 cm³/mol. The Balaban J connectivity index is 1.78. The number of fused-ring (bicyclic) bond motifs is 1. The van der Waals surface area contributed by atoms with E-state index in [0.29, 0.717) is 17.9 Å². The Hall–Kier alpha value is -2.45. The first-order valence-electron chi connectivity index (χ1n) is 9.18. The Morgan fingerprint density at radius 1 is 1.21 bits per heavy atom. The lowest BCUT2D eigenvalue weighted by molar-refractivity contribution is -0.139. The number of para-hydroxylation sites is 1. The average molecular weight is 431 g/mol. The van der Waals surface area contributed by atoms with Gasteiger partial charge in [-0.3, -0.25) is 14.5 Å². The largest absolute Gasteiger partial charge is 0.480 e. The Labute approximate surface area is 179 Å². The zero-order valence-corrected chi connectivity index (χ0v) is 17.5. The summed E-state index contributed by atoms with van der Waals surface area (Å²) >= 11 is 5.82. The normalized spacial score (nSPS) is 18.3. The lowest BCUT2D eigenvalue weighted by Gasteiger charge is -2.29. The third-order valence-corrected chi connectivity index (χ3v) is 6.27. The van der Waals surface area contributed by atoms with Gasteiger partial charge in [0.1, 0.15) is 12.1 Å². The van der Waals surface area contributed by atoms with Crippen LogP contribution in [0.15, 0.2) is 59.5 Å². The van der Waals surface area contributed by atoms with Gasteiger partial charge in [-0.25, -0.2) is 4.79 Å². The number of nitrogens with zero attached hydrogens (tertiary/aromatic N) is 1. The molecule has 0 saturated heterocycles. The maximum absolute atomic E-state index is 13.2. The van der Waals surface area contributed by atoms with Crippen LogP contribution in [0, 0.1) is 0 Å². The second-order valence-corrected chi connectivity index (χ2v) is 8.45. The molecule has 0 radical (unpaired) electrons. The first-order chi connectivity index (χ1) is 13.9. The highest BCUT2D eigenvalue weighted by Gasteiger charge is 2.37. The smallest absolute Gasteiger partial charge is 0.326 e. The number of thiol groups is 1. The van der Waals surface area contributed by atoms with Crippen molar-refractivity contribution in [1.29, 1.82) is 0 Å². The second kappa shape index (κ2) is 9.37. The van der Waals surface area contributed by atoms with Crippen LogP contribution in [0.2, 0.25) is 0 Å². The number of hydrogen-bond donors (Lipinski definition) is 3. The summed E-state index contributed by atoms with van der Waals surface area (Å²) < 4.78 is 0. The van der Waals surface area contributed by atoms with E-state index in [4.69, 9.17) is 0 Å². The van der Waals surface area contributed by atoms with Crippen LogP contribution in [0.5, 0.6) is 0 Å². The second-order valence-electron chi connectivity index (χ2n) is 6.77. The summed E-state index contributed by atoms with van der Waals surface area (Å²) in [4.78, 5) is 39.5. The maximum atomic E-state index is 13.2. The zero-order chi connectivity index (χ0) is 21.0. The minimum atomic E-state index is -1.11. The summed E-state index contributed by atoms with van der Waals surface area (Å²) in [5.41, 5.74) is 1.51. The van der Waals surface area contributed by atoms with E-state index in [-0.39, 0.29) is 5.91 Å². The van der Waals surface area contributed by atoms with E-state index >= 15 is 0 Å². The molecule has 2 aromatic carbocycles. The molecule has 29 heavy (non-hydrogen) atoms. The molecule has 3 atom stereocenters. The fourth-order valence-corrected chi connectivity index (χ4v) is 4.47. The monoisotopic (exact) mass is 430 g/mol. The van der Waals surface area contributed by atoms with Crippen molar-refractivity contribution in [3.8, 4) is 0 Å². The lowest BCUT2D eigenvalue weighted by Crippen LogP contribution is -2.54. The third-order valence-electron chi connectivity index (χ3n) is 4.70. The van der Waals surface area contributed by atoms with Crippen LogP contribution >= 0.6 is 24.4 Å². The molecule has 2 N–H and O–H groups in total. The number of amides is 2. The summed E-state index contributed by atoms with van der Waals surface area (Å²) in [6.07, 6.45) is 0.430. The molecule has 8 heteroatoms. The molecule has 0 aromatic heterocycles. The first-order valence-corrected chi connectivity index (χ1v) is 10.7. The number of hydrogen-bond acceptors (Lipinski definition) is 5. The first kappa shape index (κ1) is 21.3. The highest BCUT2D eigenvalue weighted by Crippen LogP contribution is 2.35. The van der Waals surface area contributed by atoms with Gasteiger partial charge in [-0.05, 0) is 31.0 Å². The van der Waals surface area contributed by atoms with E-state index < -0.39 is 29.2 Å². The quantitative estimate of drug-likeness (QED) is 0.614. The molecule has 3 rings (SSSR count). The number of benzene rings is 2. The van der Waals surface area contributed by atoms with Crippen LogP contribution in [0.3, 0.4) is 0 Å². The Kier molecular flexibility index (Phi) is 6.87. The molecule has 152 valence electrons. The van der Waals surface area contributed by atoms with Crippen LogP contribution in [0.4, 0.5) is 5.69 Å². The van der Waals surface area contributed by atoms with Crippen LogP contribution in [0.1, 0.15) is 12.5 Å². The van der Waals surface area contributed by atoms with Crippen LogP contribution < -0.4 is 10.2 Å². The summed E-state index contributed by atoms with van der Waals surface area (Å²) in [5, 5.41) is 11.6. The molecule has 1 aliphatic rings. The molecule has 1 aliphatic heterocycles. The van der Waals surface area contributed by atoms with Crippen LogP contribution in [-0.2, 0) is 20.8 Å². The third kappa shape index (κ3) is 4.94. The van der Waals surface area contributed by atoms with Gasteiger partial charge in [-0.2, -0.15) is 12.6 Å². The van der Waals surface area contributed by atoms with Gasteiger partial charge in [0.05, 0.1) is 10.9 Å². The van der Waals surface area contributed by atoms with Gasteiger partial charge in [0.2, 0.25) is 5.91 Å². The number of carboxylic acid groups (broad SMARTS) is 1. The minimum absolute atomic E-state index is 0.316. The Bertz CT molecular complexity index is 907. The highest BCUT2D eigenvalue weighted by atomic mass is 32.2. The molecule has 0 fully saturated rings. The van der Waals surface area contributed by atoms with Crippen molar-refractivity contribution in [3.63, 3.8) is 0 Å². The number of thioether (sulfide) groups is 1. The van der Waals surface area contributed by atoms with Crippen molar-refractivity contribution in [2.75, 3.05) is 10.7 Å². The lowest BCUT2D eigenvalue weighted by atomic mass is 10.1. The Morgan fingerprint density at radius 2 is 1.86 bits per heavy atom. The van der Waals surface area contributed by atoms with Crippen molar-refractivity contribution in [3.05, 3.63) is 60.2 Å². The van der Waals surface area contributed by atoms with Crippen LogP contribution in [0.25, 0.3) is 0 Å². The van der Waals surface area contributed by atoms with E-state index in [1.54, 1.807) is 12.1 Å². The van der Waals surface area contributed by atoms with E-state index in [2.05, 4.69) is 17.9 Å². The van der Waals surface area contributed by atoms with E-state index in [9.17, 15) is 19.5 Å². The summed E-state index contributed by atoms with van der Waals surface area (Å²) in [7, 11) is 0. The standard InChI is InChI=1S/C21H22N2O4S2/c1-13(21(26)27)23-16-9-5-6-10-18(16)29-12-15(20(23)25)22-19(24)17(28)11-14-7-3-2-4-8-14/h2-10,13,15,17,28H,11-12H2,1H3,(H,22,24)(H,26,27)/t13-,15?,17+/m1/s1. The van der Waals surface area contributed by atoms with Gasteiger partial charge < -0.3 is 10.4 Å². The van der Waals surface area contributed by atoms with Gasteiger partial charge in [0.15, 0.2) is 0 Å². The molecule has 2 aromatic rings. The molecule has 1 unspecified atom stereocenters. The van der Waals surface area contributed by atoms with E-state index in [1.165, 1.54) is 23.6 Å². The highest BCUT2D eigenvalue weighted by molar-refractivity contribution is 7.99. The molecule has 0 bridgehead atoms. The van der Waals surface area contributed by atoms with Crippen LogP contribution in [-0.4, -0.2) is 46.0 Å². The maximum Gasteiger partial charge on any atom is 0.326 e. The van der Waals surface area contributed by atoms with Crippen molar-refractivity contribution < 1.29 is 19.5 Å². The Morgan fingerprint density at radius 3 is 2.55 bits per heavy atom. The van der Waals surface area contributed by atoms with E-state index in [0.717, 1.165) is 10.5 Å². The van der Waals surface area contributed by atoms with Gasteiger partial charge in [-0.1, -0.05) is 42.5 Å². The molecular formula is C21H22N2O4S2. The molecular weight excluding hydrogens is 408 g/mol. The predicted octanol–water partition coefficient (Wildman–Crippen LogP) is 2.62. The van der Waals surface area contributed by atoms with Crippen molar-refractivity contribution in [2.45, 2.75) is 35.6 Å². The van der Waals surface area contributed by atoms with Crippen molar-refractivity contribution in [2.24, 2.45) is 0 Å². The average Bonchev–Trinajstić information content (AvgIpc) is 2.85. The number of aliphatic carboxylic acids is 1. The summed E-state index contributed by atoms with van der Waals surface area (Å²) in [5.74, 6) is -1.59. The molecule has 0 spiro atoms. The van der Waals surface area contributed by atoms with Gasteiger partial charge in [0.25, 0.3) is 5.91 Å². The fraction of sp³-hybridized carbons (Fsp3) is 0.286. The zero-order valence-electron chi connectivity index (χ0n) is 15.8. The number of rotatable bonds is 6. The topological polar surface area (TPSA) is 86.7 Å². The van der Waals surface area contributed by atoms with E-state index in [1.807, 2.05) is 42.5 Å². The van der Waals surface area contributed by atoms with Crippen molar-refractivity contribution in [1.82, 2.24) is 5.32 Å². The number of nitrogens with one attached hydrogen (secondary N) is 1. The summed E-state index contributed by atoms with van der Waals surface area (Å²) in [6.45, 7) is 1.46. The molecule has 2 amide bonds. The fourth-order valence-electron chi connectivity index (χ4n) is 3.12. The van der Waals surface area contributed by atoms with Crippen molar-refractivity contribution >= 4 is 47.9 Å². The molecule has 1 heterocycles. The minimum Gasteiger partial charge on any atom is -0.480 e. The number of carbonyl (C=O) groups is 3. The number of carbonyl (C=O) groups excluding carboxylic acids is 2. The number of carboxylic acids is 1. The summed E-state index contributed by atoms with van der Waals surface area (Å²) in [6, 6.07) is 14.8. The molecule has 0 saturated carbocycles. The van der Waals surface area contributed by atoms with Gasteiger partial charge in [0, 0.05) is 10.6 Å². The van der Waals surface area contributed by atoms with Gasteiger partial charge in [-0.15, -0.1) is 11.8 Å². The van der Waals surface area contributed by atoms with Gasteiger partial charge >= 0.3 is 5.97 Å². The SMILES string of the molecule is C[C@H](C(=O)O)N1C(=O)C(NC(=O)[C@@H](S)Cc2ccccc2)CSc2ccccc21. The number of anilines is 1. The molecule has 0 aliphatic carbocycles.